The first kappa shape index (κ1) is 22.0. The maximum absolute atomic E-state index is 12.4. The van der Waals surface area contributed by atoms with E-state index in [9.17, 15) is 20.1 Å². The third-order valence-electron chi connectivity index (χ3n) is 6.52. The molecule has 3 heterocycles. The summed E-state index contributed by atoms with van der Waals surface area (Å²) in [5, 5.41) is 34.6. The number of fused-ring (bicyclic) bond motifs is 1. The van der Waals surface area contributed by atoms with Gasteiger partial charge in [-0.1, -0.05) is 19.3 Å². The number of nitrogen functional groups attached to an aromatic ring is 1. The molecular formula is C22H28N6O5. The van der Waals surface area contributed by atoms with E-state index in [4.69, 9.17) is 10.5 Å². The normalized spacial score (nSPS) is 34.1. The van der Waals surface area contributed by atoms with Crippen LogP contribution in [0.4, 0.5) is 5.82 Å². The van der Waals surface area contributed by atoms with Crippen molar-refractivity contribution in [2.45, 2.75) is 81.6 Å². The highest BCUT2D eigenvalue weighted by Crippen LogP contribution is 2.34. The predicted molar refractivity (Wildman–Crippen MR) is 116 cm³/mol. The molecule has 6 N–H and O–H groups in total. The van der Waals surface area contributed by atoms with E-state index in [1.807, 2.05) is 0 Å². The minimum Gasteiger partial charge on any atom is -0.387 e. The van der Waals surface area contributed by atoms with Gasteiger partial charge in [-0.15, -0.1) is 0 Å². The summed E-state index contributed by atoms with van der Waals surface area (Å²) in [4.78, 5) is 25.2. The van der Waals surface area contributed by atoms with Gasteiger partial charge in [0, 0.05) is 6.04 Å². The van der Waals surface area contributed by atoms with E-state index in [1.165, 1.54) is 10.9 Å². The number of aliphatic hydroxyl groups is 3. The average Bonchev–Trinajstić information content (AvgIpc) is 3.40. The van der Waals surface area contributed by atoms with Crippen LogP contribution >= 0.6 is 0 Å². The molecule has 5 rings (SSSR count). The van der Waals surface area contributed by atoms with Crippen molar-refractivity contribution in [1.29, 1.82) is 0 Å². The topological polar surface area (TPSA) is 169 Å². The molecule has 0 aromatic carbocycles. The quantitative estimate of drug-likeness (QED) is 0.386. The monoisotopic (exact) mass is 456 g/mol. The Labute approximate surface area is 190 Å². The summed E-state index contributed by atoms with van der Waals surface area (Å²) < 4.78 is 7.14. The van der Waals surface area contributed by atoms with Crippen LogP contribution in [0.1, 0.15) is 57.5 Å². The number of aromatic nitrogens is 4. The molecule has 33 heavy (non-hydrogen) atoms. The van der Waals surface area contributed by atoms with E-state index in [-0.39, 0.29) is 28.8 Å². The number of anilines is 1. The first-order valence-corrected chi connectivity index (χ1v) is 11.3. The SMILES string of the molecule is CC1CCCC(O)(C#Cc2nc(N)c3ncn(C4OC(C(=O)NC5CC5)C(O)C4O)c3n2)C1. The van der Waals surface area contributed by atoms with E-state index in [0.717, 1.165) is 25.7 Å². The Morgan fingerprint density at radius 3 is 2.82 bits per heavy atom. The van der Waals surface area contributed by atoms with Crippen molar-refractivity contribution in [3.8, 4) is 11.8 Å². The lowest BCUT2D eigenvalue weighted by Crippen LogP contribution is -2.43. The fourth-order valence-corrected chi connectivity index (χ4v) is 4.61. The van der Waals surface area contributed by atoms with Crippen molar-refractivity contribution in [3.63, 3.8) is 0 Å². The van der Waals surface area contributed by atoms with Gasteiger partial charge < -0.3 is 31.1 Å². The zero-order valence-electron chi connectivity index (χ0n) is 18.3. The molecule has 3 aliphatic rings. The number of hydrogen-bond donors (Lipinski definition) is 5. The van der Waals surface area contributed by atoms with E-state index in [0.29, 0.717) is 18.8 Å². The number of carbonyl (C=O) groups is 1. The second-order valence-electron chi connectivity index (χ2n) is 9.45. The zero-order valence-corrected chi connectivity index (χ0v) is 18.3. The third-order valence-corrected chi connectivity index (χ3v) is 6.52. The number of amides is 1. The number of carbonyl (C=O) groups excluding carboxylic acids is 1. The summed E-state index contributed by atoms with van der Waals surface area (Å²) in [5.41, 5.74) is 5.49. The van der Waals surface area contributed by atoms with Gasteiger partial charge in [0.1, 0.15) is 23.3 Å². The molecule has 1 saturated heterocycles. The van der Waals surface area contributed by atoms with E-state index < -0.39 is 36.0 Å². The lowest BCUT2D eigenvalue weighted by molar-refractivity contribution is -0.137. The van der Waals surface area contributed by atoms with Gasteiger partial charge in [0.2, 0.25) is 5.82 Å². The highest BCUT2D eigenvalue weighted by atomic mass is 16.6. The molecular weight excluding hydrogens is 428 g/mol. The van der Waals surface area contributed by atoms with Gasteiger partial charge in [-0.05, 0) is 43.9 Å². The predicted octanol–water partition coefficient (Wildman–Crippen LogP) is -0.401. The van der Waals surface area contributed by atoms with Crippen LogP contribution in [0.3, 0.4) is 0 Å². The van der Waals surface area contributed by atoms with Crippen molar-refractivity contribution in [2.24, 2.45) is 5.92 Å². The summed E-state index contributed by atoms with van der Waals surface area (Å²) in [5.74, 6) is 5.83. The van der Waals surface area contributed by atoms with Crippen LogP contribution in [0.25, 0.3) is 11.2 Å². The number of nitrogens with two attached hydrogens (primary N) is 1. The van der Waals surface area contributed by atoms with Crippen LogP contribution in [-0.2, 0) is 9.53 Å². The molecule has 1 aliphatic heterocycles. The molecule has 0 spiro atoms. The number of nitrogens with zero attached hydrogens (tertiary/aromatic N) is 4. The Bertz CT molecular complexity index is 1140. The largest absolute Gasteiger partial charge is 0.387 e. The summed E-state index contributed by atoms with van der Waals surface area (Å²) in [6.45, 7) is 2.09. The maximum Gasteiger partial charge on any atom is 0.252 e. The van der Waals surface area contributed by atoms with Crippen LogP contribution in [0, 0.1) is 17.8 Å². The fraction of sp³-hybridized carbons (Fsp3) is 0.636. The highest BCUT2D eigenvalue weighted by Gasteiger charge is 2.48. The van der Waals surface area contributed by atoms with Crippen molar-refractivity contribution in [2.75, 3.05) is 5.73 Å². The molecule has 1 amide bonds. The Morgan fingerprint density at radius 1 is 1.30 bits per heavy atom. The standard InChI is InChI=1S/C22H28N6O5/c1-11-3-2-7-22(32,9-11)8-6-13-26-18(23)14-19(27-13)28(10-24-14)21-16(30)15(29)17(33-21)20(31)25-12-4-5-12/h10-12,15-17,21,29-30,32H,2-5,7,9H2,1H3,(H,25,31)(H2,23,26,27). The minimum atomic E-state index is -1.41. The van der Waals surface area contributed by atoms with Gasteiger partial charge in [0.05, 0.1) is 6.33 Å². The van der Waals surface area contributed by atoms with Crippen LogP contribution in [0.2, 0.25) is 0 Å². The smallest absolute Gasteiger partial charge is 0.252 e. The molecule has 6 atom stereocenters. The van der Waals surface area contributed by atoms with Crippen molar-refractivity contribution < 1.29 is 24.9 Å². The summed E-state index contributed by atoms with van der Waals surface area (Å²) >= 11 is 0. The minimum absolute atomic E-state index is 0.0862. The molecule has 11 nitrogen and oxygen atoms in total. The van der Waals surface area contributed by atoms with Gasteiger partial charge >= 0.3 is 0 Å². The number of imidazole rings is 1. The van der Waals surface area contributed by atoms with Crippen LogP contribution in [0.15, 0.2) is 6.33 Å². The van der Waals surface area contributed by atoms with Gasteiger partial charge in [0.25, 0.3) is 5.91 Å². The second-order valence-corrected chi connectivity index (χ2v) is 9.45. The number of aliphatic hydroxyl groups excluding tert-OH is 2. The Kier molecular flexibility index (Phi) is 5.49. The maximum atomic E-state index is 12.4. The number of hydrogen-bond acceptors (Lipinski definition) is 9. The molecule has 176 valence electrons. The number of rotatable bonds is 3. The molecule has 0 radical (unpaired) electrons. The lowest BCUT2D eigenvalue weighted by atomic mass is 9.79. The molecule has 2 saturated carbocycles. The van der Waals surface area contributed by atoms with Crippen LogP contribution < -0.4 is 11.1 Å². The van der Waals surface area contributed by atoms with Crippen LogP contribution in [-0.4, -0.2) is 70.7 Å². The van der Waals surface area contributed by atoms with E-state index in [1.54, 1.807) is 0 Å². The van der Waals surface area contributed by atoms with Gasteiger partial charge in [-0.2, -0.15) is 0 Å². The average molecular weight is 457 g/mol. The van der Waals surface area contributed by atoms with Crippen molar-refractivity contribution in [1.82, 2.24) is 24.8 Å². The third kappa shape index (κ3) is 4.27. The summed E-state index contributed by atoms with van der Waals surface area (Å²) in [6.07, 6.45) is 1.17. The zero-order chi connectivity index (χ0) is 23.3. The molecule has 2 aromatic rings. The number of ether oxygens (including phenoxy) is 1. The van der Waals surface area contributed by atoms with E-state index in [2.05, 4.69) is 39.0 Å². The molecule has 0 bridgehead atoms. The first-order valence-electron chi connectivity index (χ1n) is 11.3. The molecule has 3 fully saturated rings. The van der Waals surface area contributed by atoms with Crippen molar-refractivity contribution in [3.05, 3.63) is 12.2 Å². The first-order chi connectivity index (χ1) is 15.7. The molecule has 2 aromatic heterocycles. The Balaban J connectivity index is 1.43. The molecule has 2 aliphatic carbocycles. The fourth-order valence-electron chi connectivity index (χ4n) is 4.61. The second kappa shape index (κ2) is 8.22. The Hall–Kier alpha value is -2.78. The molecule has 11 heteroatoms. The number of nitrogens with one attached hydrogen (secondary N) is 1. The Morgan fingerprint density at radius 2 is 2.09 bits per heavy atom. The van der Waals surface area contributed by atoms with Crippen LogP contribution in [0.5, 0.6) is 0 Å². The van der Waals surface area contributed by atoms with Gasteiger partial charge in [-0.25, -0.2) is 15.0 Å². The van der Waals surface area contributed by atoms with Gasteiger partial charge in [-0.3, -0.25) is 9.36 Å². The molecule has 6 unspecified atom stereocenters. The highest BCUT2D eigenvalue weighted by molar-refractivity contribution is 5.83. The summed E-state index contributed by atoms with van der Waals surface area (Å²) in [7, 11) is 0. The lowest BCUT2D eigenvalue weighted by Gasteiger charge is -2.30. The van der Waals surface area contributed by atoms with Crippen molar-refractivity contribution >= 4 is 22.9 Å². The summed E-state index contributed by atoms with van der Waals surface area (Å²) in [6, 6.07) is 0.0919. The van der Waals surface area contributed by atoms with Gasteiger partial charge in [0.15, 0.2) is 23.8 Å². The van der Waals surface area contributed by atoms with E-state index >= 15 is 0 Å².